The second-order valence-electron chi connectivity index (χ2n) is 10.8. The third-order valence-corrected chi connectivity index (χ3v) is 6.53. The van der Waals surface area contributed by atoms with Crippen LogP contribution in [0, 0.1) is 17.0 Å². The maximum absolute atomic E-state index is 14.9. The Hall–Kier alpha value is -4.11. The topological polar surface area (TPSA) is 76.2 Å². The highest BCUT2D eigenvalue weighted by molar-refractivity contribution is 5.89. The van der Waals surface area contributed by atoms with Gasteiger partial charge in [-0.25, -0.2) is 22.9 Å². The number of alkyl halides is 1. The molecule has 6 nitrogen and oxygen atoms in total. The van der Waals surface area contributed by atoms with Crippen LogP contribution in [-0.4, -0.2) is 39.7 Å². The van der Waals surface area contributed by atoms with E-state index < -0.39 is 35.3 Å². The normalized spacial score (nSPS) is 13.1. The Morgan fingerprint density at radius 1 is 1.00 bits per heavy atom. The van der Waals surface area contributed by atoms with Gasteiger partial charge in [-0.1, -0.05) is 81.4 Å². The molecule has 9 heteroatoms. The zero-order valence-electron chi connectivity index (χ0n) is 22.8. The summed E-state index contributed by atoms with van der Waals surface area (Å²) < 4.78 is 44.3. The predicted octanol–water partition coefficient (Wildman–Crippen LogP) is 6.79. The average molecular weight is 550 g/mol. The number of rotatable bonds is 9. The van der Waals surface area contributed by atoms with Crippen molar-refractivity contribution in [3.8, 4) is 11.3 Å². The first-order chi connectivity index (χ1) is 19.1. The highest BCUT2D eigenvalue weighted by Gasteiger charge is 2.39. The van der Waals surface area contributed by atoms with E-state index in [2.05, 4.69) is 5.32 Å². The number of carbonyl (C=O) groups excluding carboxylic acids is 1. The minimum Gasteiger partial charge on any atom is -0.328 e. The van der Waals surface area contributed by atoms with Crippen molar-refractivity contribution < 1.29 is 18.0 Å². The number of halogens is 3. The van der Waals surface area contributed by atoms with Gasteiger partial charge in [0.1, 0.15) is 12.0 Å². The van der Waals surface area contributed by atoms with Crippen molar-refractivity contribution in [1.29, 1.82) is 0 Å². The van der Waals surface area contributed by atoms with E-state index in [-0.39, 0.29) is 18.8 Å². The van der Waals surface area contributed by atoms with Gasteiger partial charge >= 0.3 is 6.03 Å². The molecule has 2 amide bonds. The largest absolute Gasteiger partial charge is 0.328 e. The molecule has 0 aliphatic rings. The smallest absolute Gasteiger partial charge is 0.322 e. The molecule has 0 aliphatic heterocycles. The highest BCUT2D eigenvalue weighted by atomic mass is 19.2. The summed E-state index contributed by atoms with van der Waals surface area (Å²) in [6, 6.07) is 21.1. The summed E-state index contributed by atoms with van der Waals surface area (Å²) in [5.41, 5.74) is 7.68. The molecule has 0 saturated heterocycles. The van der Waals surface area contributed by atoms with Crippen molar-refractivity contribution in [3.05, 3.63) is 108 Å². The number of aromatic nitrogens is 2. The molecular formula is C31H34F3N5O. The number of nitrogens with zero attached hydrogens (tertiary/aromatic N) is 3. The molecule has 0 bridgehead atoms. The van der Waals surface area contributed by atoms with Crippen LogP contribution >= 0.6 is 0 Å². The first-order valence-electron chi connectivity index (χ1n) is 13.1. The number of anilines is 1. The summed E-state index contributed by atoms with van der Waals surface area (Å²) in [6.07, 6.45) is 0.407. The fourth-order valence-corrected chi connectivity index (χ4v) is 4.66. The minimum absolute atomic E-state index is 0.0438. The Bertz CT molecular complexity index is 1420. The van der Waals surface area contributed by atoms with Crippen molar-refractivity contribution in [2.24, 2.45) is 11.1 Å². The summed E-state index contributed by atoms with van der Waals surface area (Å²) in [4.78, 5) is 20.1. The van der Waals surface area contributed by atoms with Crippen LogP contribution in [0.2, 0.25) is 0 Å². The lowest BCUT2D eigenvalue weighted by molar-refractivity contribution is 0.0960. The molecule has 3 N–H and O–H groups in total. The van der Waals surface area contributed by atoms with Crippen LogP contribution in [0.15, 0.2) is 85.1 Å². The van der Waals surface area contributed by atoms with E-state index >= 15 is 0 Å². The Balaban J connectivity index is 1.82. The van der Waals surface area contributed by atoms with E-state index in [4.69, 9.17) is 10.7 Å². The van der Waals surface area contributed by atoms with Crippen molar-refractivity contribution in [3.63, 3.8) is 0 Å². The molecule has 2 atom stereocenters. The third kappa shape index (κ3) is 6.90. The molecule has 210 valence electrons. The fourth-order valence-electron chi connectivity index (χ4n) is 4.66. The molecule has 0 fully saturated rings. The number of hydrogen-bond acceptors (Lipinski definition) is 3. The third-order valence-electron chi connectivity index (χ3n) is 6.53. The zero-order valence-corrected chi connectivity index (χ0v) is 22.8. The quantitative estimate of drug-likeness (QED) is 0.241. The van der Waals surface area contributed by atoms with Gasteiger partial charge in [-0.2, -0.15) is 0 Å². The summed E-state index contributed by atoms with van der Waals surface area (Å²) >= 11 is 0. The first kappa shape index (κ1) is 28.9. The summed E-state index contributed by atoms with van der Waals surface area (Å²) in [7, 11) is 0. The molecule has 4 aromatic rings. The van der Waals surface area contributed by atoms with Gasteiger partial charge in [-0.05, 0) is 23.1 Å². The summed E-state index contributed by atoms with van der Waals surface area (Å²) in [5.74, 6) is -1.58. The van der Waals surface area contributed by atoms with Crippen molar-refractivity contribution in [1.82, 2.24) is 14.5 Å². The van der Waals surface area contributed by atoms with Crippen LogP contribution in [-0.2, 0) is 6.54 Å². The Morgan fingerprint density at radius 2 is 1.65 bits per heavy atom. The van der Waals surface area contributed by atoms with Crippen LogP contribution < -0.4 is 11.1 Å². The molecule has 1 heterocycles. The molecule has 3 aromatic carbocycles. The highest BCUT2D eigenvalue weighted by Crippen LogP contribution is 2.39. The van der Waals surface area contributed by atoms with Gasteiger partial charge < -0.3 is 20.5 Å². The Morgan fingerprint density at radius 3 is 2.25 bits per heavy atom. The number of imidazole rings is 1. The van der Waals surface area contributed by atoms with Crippen LogP contribution in [0.4, 0.5) is 23.7 Å². The summed E-state index contributed by atoms with van der Waals surface area (Å²) in [6.45, 7) is 5.67. The molecular weight excluding hydrogens is 515 g/mol. The number of hydrogen-bond donors (Lipinski definition) is 2. The van der Waals surface area contributed by atoms with Crippen LogP contribution in [0.3, 0.4) is 0 Å². The maximum Gasteiger partial charge on any atom is 0.322 e. The second kappa shape index (κ2) is 12.4. The van der Waals surface area contributed by atoms with Gasteiger partial charge in [0.15, 0.2) is 11.6 Å². The number of nitrogens with two attached hydrogens (primary N) is 1. The number of benzene rings is 3. The number of nitrogens with one attached hydrogen (secondary N) is 1. The lowest BCUT2D eigenvalue weighted by atomic mass is 9.84. The van der Waals surface area contributed by atoms with E-state index in [9.17, 15) is 18.0 Å². The molecule has 1 aromatic heterocycles. The Kier molecular flexibility index (Phi) is 8.94. The summed E-state index contributed by atoms with van der Waals surface area (Å²) in [5, 5.41) is 2.61. The van der Waals surface area contributed by atoms with Gasteiger partial charge in [0.05, 0.1) is 18.3 Å². The molecule has 0 spiro atoms. The zero-order chi connectivity index (χ0) is 28.9. The van der Waals surface area contributed by atoms with Crippen LogP contribution in [0.5, 0.6) is 0 Å². The van der Waals surface area contributed by atoms with Crippen LogP contribution in [0.25, 0.3) is 11.3 Å². The minimum atomic E-state index is -1.52. The van der Waals surface area contributed by atoms with E-state index in [1.165, 1.54) is 11.0 Å². The SMILES string of the molecule is CC(C)(C)C(c1nc(-c2ccccc2)cn1Cc1ccccc1)N(CC(F)CN)C(=O)Nc1ccc(F)c(F)c1. The lowest BCUT2D eigenvalue weighted by Gasteiger charge is -2.40. The van der Waals surface area contributed by atoms with Crippen molar-refractivity contribution in [2.45, 2.75) is 39.5 Å². The monoisotopic (exact) mass is 549 g/mol. The predicted molar refractivity (Wildman–Crippen MR) is 151 cm³/mol. The van der Waals surface area contributed by atoms with Crippen molar-refractivity contribution in [2.75, 3.05) is 18.4 Å². The van der Waals surface area contributed by atoms with E-state index in [1.807, 2.05) is 92.2 Å². The molecule has 0 radical (unpaired) electrons. The van der Waals surface area contributed by atoms with Crippen LogP contribution in [0.1, 0.15) is 38.2 Å². The number of urea groups is 1. The molecule has 0 saturated carbocycles. The maximum atomic E-state index is 14.9. The average Bonchev–Trinajstić information content (AvgIpc) is 3.33. The molecule has 40 heavy (non-hydrogen) atoms. The standard InChI is InChI=1S/C31H34F3N5O/c1-31(2,3)28(39(19-23(32)17-35)30(40)36-24-14-15-25(33)26(34)16-24)29-37-27(22-12-8-5-9-13-22)20-38(29)18-21-10-6-4-7-11-21/h4-16,20,23,28H,17-19,35H2,1-3H3,(H,36,40). The molecule has 0 aliphatic carbocycles. The Labute approximate surface area is 232 Å². The molecule has 2 unspecified atom stereocenters. The van der Waals surface area contributed by atoms with Gasteiger partial charge in [-0.3, -0.25) is 0 Å². The molecule has 4 rings (SSSR count). The first-order valence-corrected chi connectivity index (χ1v) is 13.1. The number of amides is 2. The van der Waals surface area contributed by atoms with E-state index in [0.29, 0.717) is 18.1 Å². The second-order valence-corrected chi connectivity index (χ2v) is 10.8. The van der Waals surface area contributed by atoms with E-state index in [1.54, 1.807) is 0 Å². The van der Waals surface area contributed by atoms with Gasteiger partial charge in [-0.15, -0.1) is 0 Å². The van der Waals surface area contributed by atoms with Gasteiger partial charge in [0.2, 0.25) is 0 Å². The van der Waals surface area contributed by atoms with Gasteiger partial charge in [0, 0.05) is 36.6 Å². The number of carbonyl (C=O) groups is 1. The van der Waals surface area contributed by atoms with Crippen molar-refractivity contribution >= 4 is 11.7 Å². The fraction of sp³-hybridized carbons (Fsp3) is 0.290. The lowest BCUT2D eigenvalue weighted by Crippen LogP contribution is -2.48. The van der Waals surface area contributed by atoms with Gasteiger partial charge in [0.25, 0.3) is 0 Å². The van der Waals surface area contributed by atoms with E-state index in [0.717, 1.165) is 23.3 Å².